The van der Waals surface area contributed by atoms with Gasteiger partial charge >= 0.3 is 0 Å². The monoisotopic (exact) mass is 305 g/mol. The van der Waals surface area contributed by atoms with Gasteiger partial charge in [0.15, 0.2) is 17.3 Å². The Morgan fingerprint density at radius 2 is 1.95 bits per heavy atom. The molecular weight excluding hydrogens is 290 g/mol. The lowest BCUT2D eigenvalue weighted by atomic mass is 10.2. The Morgan fingerprint density at radius 3 is 2.76 bits per heavy atom. The molecule has 1 aliphatic rings. The Labute approximate surface area is 128 Å². The van der Waals surface area contributed by atoms with E-state index in [4.69, 9.17) is 21.1 Å². The highest BCUT2D eigenvalue weighted by molar-refractivity contribution is 6.32. The summed E-state index contributed by atoms with van der Waals surface area (Å²) in [6, 6.07) is 5.57. The molecule has 0 fully saturated rings. The molecule has 0 bridgehead atoms. The third-order valence-electron chi connectivity index (χ3n) is 3.17. The summed E-state index contributed by atoms with van der Waals surface area (Å²) in [5.74, 6) is 2.61. The molecule has 1 aromatic carbocycles. The van der Waals surface area contributed by atoms with Crippen LogP contribution in [0.1, 0.15) is 12.1 Å². The standard InChI is InChI=1S/C15H16ClN3O2/c1-9-6-13(17-2)19-15(18-9)10-7-11(16)14-12(8-10)20-4-3-5-21-14/h6-8H,3-5H2,1-2H3,(H,17,18,19). The zero-order valence-electron chi connectivity index (χ0n) is 11.9. The van der Waals surface area contributed by atoms with Crippen LogP contribution in [0, 0.1) is 6.92 Å². The smallest absolute Gasteiger partial charge is 0.179 e. The van der Waals surface area contributed by atoms with Crippen molar-refractivity contribution in [1.29, 1.82) is 0 Å². The molecule has 5 nitrogen and oxygen atoms in total. The third kappa shape index (κ3) is 2.88. The first-order chi connectivity index (χ1) is 10.2. The summed E-state index contributed by atoms with van der Waals surface area (Å²) in [6.07, 6.45) is 0.838. The van der Waals surface area contributed by atoms with E-state index in [1.807, 2.05) is 32.2 Å². The second-order valence-electron chi connectivity index (χ2n) is 4.80. The molecule has 1 aliphatic heterocycles. The van der Waals surface area contributed by atoms with Crippen LogP contribution in [-0.2, 0) is 0 Å². The van der Waals surface area contributed by atoms with E-state index in [9.17, 15) is 0 Å². The van der Waals surface area contributed by atoms with Crippen molar-refractivity contribution >= 4 is 17.4 Å². The van der Waals surface area contributed by atoms with E-state index in [0.717, 1.165) is 23.5 Å². The second-order valence-corrected chi connectivity index (χ2v) is 5.21. The summed E-state index contributed by atoms with van der Waals surface area (Å²) >= 11 is 6.31. The highest BCUT2D eigenvalue weighted by Crippen LogP contribution is 2.40. The van der Waals surface area contributed by atoms with E-state index < -0.39 is 0 Å². The van der Waals surface area contributed by atoms with Gasteiger partial charge in [-0.25, -0.2) is 9.97 Å². The minimum absolute atomic E-state index is 0.514. The number of aryl methyl sites for hydroxylation is 1. The first-order valence-electron chi connectivity index (χ1n) is 6.80. The molecule has 0 saturated carbocycles. The van der Waals surface area contributed by atoms with Crippen LogP contribution in [0.5, 0.6) is 11.5 Å². The molecule has 0 saturated heterocycles. The van der Waals surface area contributed by atoms with Crippen molar-refractivity contribution < 1.29 is 9.47 Å². The van der Waals surface area contributed by atoms with Gasteiger partial charge in [-0.05, 0) is 19.1 Å². The fourth-order valence-electron chi connectivity index (χ4n) is 2.19. The molecule has 1 N–H and O–H groups in total. The van der Waals surface area contributed by atoms with E-state index in [-0.39, 0.29) is 0 Å². The average molecular weight is 306 g/mol. The molecule has 0 spiro atoms. The molecule has 1 aromatic heterocycles. The minimum Gasteiger partial charge on any atom is -0.489 e. The predicted octanol–water partition coefficient (Wildman–Crippen LogP) is 3.31. The zero-order chi connectivity index (χ0) is 14.8. The summed E-state index contributed by atoms with van der Waals surface area (Å²) in [7, 11) is 1.83. The molecule has 0 atom stereocenters. The van der Waals surface area contributed by atoms with Crippen molar-refractivity contribution in [1.82, 2.24) is 9.97 Å². The van der Waals surface area contributed by atoms with Gasteiger partial charge in [0.25, 0.3) is 0 Å². The first-order valence-corrected chi connectivity index (χ1v) is 7.18. The normalized spacial score (nSPS) is 13.7. The largest absolute Gasteiger partial charge is 0.489 e. The number of nitrogens with one attached hydrogen (secondary N) is 1. The van der Waals surface area contributed by atoms with E-state index in [2.05, 4.69) is 15.3 Å². The molecular formula is C15H16ClN3O2. The van der Waals surface area contributed by atoms with Crippen LogP contribution >= 0.6 is 11.6 Å². The maximum Gasteiger partial charge on any atom is 0.179 e. The van der Waals surface area contributed by atoms with Crippen molar-refractivity contribution in [3.63, 3.8) is 0 Å². The minimum atomic E-state index is 0.514. The topological polar surface area (TPSA) is 56.3 Å². The number of hydrogen-bond donors (Lipinski definition) is 1. The number of aromatic nitrogens is 2. The van der Waals surface area contributed by atoms with Crippen LogP contribution in [-0.4, -0.2) is 30.2 Å². The summed E-state index contributed by atoms with van der Waals surface area (Å²) < 4.78 is 11.3. The lowest BCUT2D eigenvalue weighted by Gasteiger charge is -2.12. The third-order valence-corrected chi connectivity index (χ3v) is 3.45. The van der Waals surface area contributed by atoms with Crippen molar-refractivity contribution in [2.45, 2.75) is 13.3 Å². The number of fused-ring (bicyclic) bond motifs is 1. The average Bonchev–Trinajstić information content (AvgIpc) is 2.72. The molecule has 0 unspecified atom stereocenters. The van der Waals surface area contributed by atoms with Gasteiger partial charge in [-0.3, -0.25) is 0 Å². The number of ether oxygens (including phenoxy) is 2. The Bertz CT molecular complexity index is 676. The lowest BCUT2D eigenvalue weighted by molar-refractivity contribution is 0.297. The predicted molar refractivity (Wildman–Crippen MR) is 82.4 cm³/mol. The zero-order valence-corrected chi connectivity index (χ0v) is 12.7. The molecule has 2 aromatic rings. The van der Waals surface area contributed by atoms with Gasteiger partial charge in [-0.2, -0.15) is 0 Å². The van der Waals surface area contributed by atoms with Crippen molar-refractivity contribution in [2.24, 2.45) is 0 Å². The fourth-order valence-corrected chi connectivity index (χ4v) is 2.45. The van der Waals surface area contributed by atoms with Crippen LogP contribution < -0.4 is 14.8 Å². The van der Waals surface area contributed by atoms with E-state index >= 15 is 0 Å². The van der Waals surface area contributed by atoms with Crippen LogP contribution in [0.4, 0.5) is 5.82 Å². The van der Waals surface area contributed by atoms with Gasteiger partial charge < -0.3 is 14.8 Å². The summed E-state index contributed by atoms with van der Waals surface area (Å²) in [5.41, 5.74) is 1.69. The number of anilines is 1. The Hall–Kier alpha value is -2.01. The number of halogens is 1. The molecule has 6 heteroatoms. The molecule has 110 valence electrons. The highest BCUT2D eigenvalue weighted by Gasteiger charge is 2.17. The van der Waals surface area contributed by atoms with Crippen molar-refractivity contribution in [3.05, 3.63) is 28.9 Å². The van der Waals surface area contributed by atoms with Gasteiger partial charge in [-0.15, -0.1) is 0 Å². The van der Waals surface area contributed by atoms with Crippen LogP contribution in [0.15, 0.2) is 18.2 Å². The summed E-state index contributed by atoms with van der Waals surface area (Å²) in [6.45, 7) is 3.15. The van der Waals surface area contributed by atoms with Gasteiger partial charge in [0.05, 0.1) is 18.2 Å². The maximum atomic E-state index is 6.31. The summed E-state index contributed by atoms with van der Waals surface area (Å²) in [4.78, 5) is 8.92. The highest BCUT2D eigenvalue weighted by atomic mass is 35.5. The van der Waals surface area contributed by atoms with Crippen molar-refractivity contribution in [2.75, 3.05) is 25.6 Å². The maximum absolute atomic E-state index is 6.31. The molecule has 0 amide bonds. The van der Waals surface area contributed by atoms with E-state index in [1.54, 1.807) is 0 Å². The number of benzene rings is 1. The number of nitrogens with zero attached hydrogens (tertiary/aromatic N) is 2. The van der Waals surface area contributed by atoms with Crippen molar-refractivity contribution in [3.8, 4) is 22.9 Å². The SMILES string of the molecule is CNc1cc(C)nc(-c2cc(Cl)c3c(c2)OCCCO3)n1. The fraction of sp³-hybridized carbons (Fsp3) is 0.333. The molecule has 21 heavy (non-hydrogen) atoms. The van der Waals surface area contributed by atoms with Crippen LogP contribution in [0.2, 0.25) is 5.02 Å². The van der Waals surface area contributed by atoms with E-state index in [0.29, 0.717) is 35.6 Å². The number of hydrogen-bond acceptors (Lipinski definition) is 5. The van der Waals surface area contributed by atoms with Gasteiger partial charge in [0.2, 0.25) is 0 Å². The Balaban J connectivity index is 2.09. The lowest BCUT2D eigenvalue weighted by Crippen LogP contribution is -1.99. The van der Waals surface area contributed by atoms with Gasteiger partial charge in [0, 0.05) is 30.8 Å². The first kappa shape index (κ1) is 13.9. The molecule has 0 radical (unpaired) electrons. The molecule has 2 heterocycles. The second kappa shape index (κ2) is 5.77. The molecule has 0 aliphatic carbocycles. The van der Waals surface area contributed by atoms with Gasteiger partial charge in [-0.1, -0.05) is 11.6 Å². The Morgan fingerprint density at radius 1 is 1.14 bits per heavy atom. The van der Waals surface area contributed by atoms with E-state index in [1.165, 1.54) is 0 Å². The van der Waals surface area contributed by atoms with Crippen LogP contribution in [0.3, 0.4) is 0 Å². The summed E-state index contributed by atoms with van der Waals surface area (Å²) in [5, 5.41) is 3.54. The quantitative estimate of drug-likeness (QED) is 0.922. The number of rotatable bonds is 2. The van der Waals surface area contributed by atoms with Gasteiger partial charge in [0.1, 0.15) is 5.82 Å². The Kier molecular flexibility index (Phi) is 3.84. The molecule has 3 rings (SSSR count). The van der Waals surface area contributed by atoms with Crippen LogP contribution in [0.25, 0.3) is 11.4 Å².